The number of tetrazole rings is 1. The van der Waals surface area contributed by atoms with E-state index in [4.69, 9.17) is 4.74 Å². The Hall–Kier alpha value is -2.77. The molecule has 1 aliphatic heterocycles. The van der Waals surface area contributed by atoms with Gasteiger partial charge in [0.25, 0.3) is 0 Å². The molecule has 26 heavy (non-hydrogen) atoms. The van der Waals surface area contributed by atoms with Gasteiger partial charge in [-0.25, -0.2) is 0 Å². The normalized spacial score (nSPS) is 15.1. The van der Waals surface area contributed by atoms with E-state index in [0.29, 0.717) is 12.5 Å². The first kappa shape index (κ1) is 16.7. The van der Waals surface area contributed by atoms with Crippen LogP contribution in [0.5, 0.6) is 0 Å². The Morgan fingerprint density at radius 2 is 1.65 bits per heavy atom. The maximum absolute atomic E-state index is 5.44. The van der Waals surface area contributed by atoms with Crippen molar-refractivity contribution in [2.75, 3.05) is 31.6 Å². The summed E-state index contributed by atoms with van der Waals surface area (Å²) in [4.78, 5) is 2.43. The molecule has 0 atom stereocenters. The van der Waals surface area contributed by atoms with Gasteiger partial charge < -0.3 is 10.1 Å². The van der Waals surface area contributed by atoms with Crippen LogP contribution in [0.4, 0.5) is 5.95 Å². The molecule has 1 aromatic heterocycles. The van der Waals surface area contributed by atoms with Crippen LogP contribution in [-0.2, 0) is 17.8 Å². The lowest BCUT2D eigenvalue weighted by Crippen LogP contribution is -2.35. The minimum absolute atomic E-state index is 0.636. The predicted molar refractivity (Wildman–Crippen MR) is 99.0 cm³/mol. The number of benzene rings is 2. The van der Waals surface area contributed by atoms with Crippen LogP contribution >= 0.6 is 0 Å². The number of nitrogens with one attached hydrogen (secondary N) is 1. The fraction of sp³-hybridized carbons (Fsp3) is 0.316. The van der Waals surface area contributed by atoms with E-state index in [9.17, 15) is 0 Å². The molecule has 4 rings (SSSR count). The van der Waals surface area contributed by atoms with Crippen LogP contribution in [0.2, 0.25) is 0 Å². The lowest BCUT2D eigenvalue weighted by molar-refractivity contribution is 0.0341. The summed E-state index contributed by atoms with van der Waals surface area (Å²) in [5.74, 6) is 0.636. The molecule has 7 heteroatoms. The van der Waals surface area contributed by atoms with Crippen molar-refractivity contribution in [2.45, 2.75) is 13.1 Å². The van der Waals surface area contributed by atoms with Crippen molar-refractivity contribution < 1.29 is 4.74 Å². The van der Waals surface area contributed by atoms with Gasteiger partial charge in [0.15, 0.2) is 0 Å². The maximum atomic E-state index is 5.44. The first-order valence-corrected chi connectivity index (χ1v) is 8.85. The molecule has 0 radical (unpaired) electrons. The molecule has 1 saturated heterocycles. The number of para-hydroxylation sites is 1. The second-order valence-corrected chi connectivity index (χ2v) is 6.26. The minimum atomic E-state index is 0.636. The van der Waals surface area contributed by atoms with Crippen molar-refractivity contribution in [3.8, 4) is 5.69 Å². The molecule has 0 bridgehead atoms. The third-order valence-corrected chi connectivity index (χ3v) is 4.52. The van der Waals surface area contributed by atoms with Crippen molar-refractivity contribution in [2.24, 2.45) is 0 Å². The molecule has 134 valence electrons. The Kier molecular flexibility index (Phi) is 5.18. The molecule has 1 aliphatic rings. The number of hydrogen-bond acceptors (Lipinski definition) is 6. The fourth-order valence-electron chi connectivity index (χ4n) is 3.10. The standard InChI is InChI=1S/C19H22N6O/c1-2-8-18(9-3-1)25-19(21-22-23-25)20-14-16-6-4-5-7-17(16)15-24-10-12-26-13-11-24/h1-9H,10-15H2,(H,20,21,23). The summed E-state index contributed by atoms with van der Waals surface area (Å²) in [6, 6.07) is 18.4. The van der Waals surface area contributed by atoms with E-state index in [1.54, 1.807) is 4.68 Å². The molecular weight excluding hydrogens is 328 g/mol. The van der Waals surface area contributed by atoms with Gasteiger partial charge in [0.2, 0.25) is 5.95 Å². The zero-order chi connectivity index (χ0) is 17.6. The zero-order valence-electron chi connectivity index (χ0n) is 14.6. The van der Waals surface area contributed by atoms with Crippen molar-refractivity contribution in [3.05, 3.63) is 65.7 Å². The van der Waals surface area contributed by atoms with E-state index in [0.717, 1.165) is 38.5 Å². The van der Waals surface area contributed by atoms with E-state index < -0.39 is 0 Å². The summed E-state index contributed by atoms with van der Waals surface area (Å²) in [6.07, 6.45) is 0. The van der Waals surface area contributed by atoms with E-state index in [2.05, 4.69) is 50.0 Å². The fourth-order valence-corrected chi connectivity index (χ4v) is 3.10. The summed E-state index contributed by atoms with van der Waals surface area (Å²) >= 11 is 0. The monoisotopic (exact) mass is 350 g/mol. The van der Waals surface area contributed by atoms with Crippen LogP contribution in [0.15, 0.2) is 54.6 Å². The van der Waals surface area contributed by atoms with E-state index in [1.165, 1.54) is 11.1 Å². The number of morpholine rings is 1. The van der Waals surface area contributed by atoms with Crippen LogP contribution in [0.1, 0.15) is 11.1 Å². The number of hydrogen-bond donors (Lipinski definition) is 1. The van der Waals surface area contributed by atoms with Gasteiger partial charge in [0, 0.05) is 26.2 Å². The highest BCUT2D eigenvalue weighted by Crippen LogP contribution is 2.16. The number of anilines is 1. The molecule has 2 heterocycles. The Morgan fingerprint density at radius 3 is 2.46 bits per heavy atom. The van der Waals surface area contributed by atoms with Gasteiger partial charge >= 0.3 is 0 Å². The predicted octanol–water partition coefficient (Wildman–Crippen LogP) is 2.11. The van der Waals surface area contributed by atoms with Crippen LogP contribution in [0.3, 0.4) is 0 Å². The summed E-state index contributed by atoms with van der Waals surface area (Å²) in [7, 11) is 0. The number of nitrogens with zero attached hydrogens (tertiary/aromatic N) is 5. The third kappa shape index (κ3) is 3.89. The van der Waals surface area contributed by atoms with Gasteiger partial charge in [-0.3, -0.25) is 4.90 Å². The van der Waals surface area contributed by atoms with Crippen LogP contribution in [0.25, 0.3) is 5.69 Å². The van der Waals surface area contributed by atoms with E-state index in [-0.39, 0.29) is 0 Å². The number of rotatable bonds is 6. The molecule has 0 spiro atoms. The minimum Gasteiger partial charge on any atom is -0.379 e. The smallest absolute Gasteiger partial charge is 0.248 e. The number of aromatic nitrogens is 4. The molecule has 0 amide bonds. The van der Waals surface area contributed by atoms with E-state index >= 15 is 0 Å². The molecule has 3 aromatic rings. The molecule has 0 saturated carbocycles. The van der Waals surface area contributed by atoms with Crippen molar-refractivity contribution >= 4 is 5.95 Å². The topological polar surface area (TPSA) is 68.1 Å². The van der Waals surface area contributed by atoms with E-state index in [1.807, 2.05) is 30.3 Å². The van der Waals surface area contributed by atoms with Crippen molar-refractivity contribution in [3.63, 3.8) is 0 Å². The Morgan fingerprint density at radius 1 is 0.923 bits per heavy atom. The Bertz CT molecular complexity index is 829. The maximum Gasteiger partial charge on any atom is 0.248 e. The second kappa shape index (κ2) is 8.07. The third-order valence-electron chi connectivity index (χ3n) is 4.52. The van der Waals surface area contributed by atoms with Gasteiger partial charge in [-0.1, -0.05) is 47.6 Å². The largest absolute Gasteiger partial charge is 0.379 e. The van der Waals surface area contributed by atoms with Gasteiger partial charge in [-0.15, -0.1) is 0 Å². The number of ether oxygens (including phenoxy) is 1. The first-order valence-electron chi connectivity index (χ1n) is 8.85. The zero-order valence-corrected chi connectivity index (χ0v) is 14.6. The van der Waals surface area contributed by atoms with Crippen molar-refractivity contribution in [1.82, 2.24) is 25.1 Å². The highest BCUT2D eigenvalue weighted by molar-refractivity contribution is 5.39. The molecule has 0 aliphatic carbocycles. The molecule has 1 N–H and O–H groups in total. The van der Waals surface area contributed by atoms with Crippen LogP contribution in [0, 0.1) is 0 Å². The molecular formula is C19H22N6O. The van der Waals surface area contributed by atoms with Crippen LogP contribution < -0.4 is 5.32 Å². The quantitative estimate of drug-likeness (QED) is 0.734. The Labute approximate surface area is 152 Å². The summed E-state index contributed by atoms with van der Waals surface area (Å²) in [6.45, 7) is 5.19. The highest BCUT2D eigenvalue weighted by atomic mass is 16.5. The molecule has 1 fully saturated rings. The van der Waals surface area contributed by atoms with Gasteiger partial charge in [0.05, 0.1) is 18.9 Å². The summed E-state index contributed by atoms with van der Waals surface area (Å²) in [5.41, 5.74) is 3.50. The molecule has 0 unspecified atom stereocenters. The Balaban J connectivity index is 1.46. The molecule has 2 aromatic carbocycles. The lowest BCUT2D eigenvalue weighted by atomic mass is 10.1. The molecule has 7 nitrogen and oxygen atoms in total. The average molecular weight is 350 g/mol. The van der Waals surface area contributed by atoms with Gasteiger partial charge in [-0.05, 0) is 33.7 Å². The first-order chi connectivity index (χ1) is 12.9. The highest BCUT2D eigenvalue weighted by Gasteiger charge is 2.13. The van der Waals surface area contributed by atoms with Gasteiger partial charge in [0.1, 0.15) is 0 Å². The van der Waals surface area contributed by atoms with Crippen molar-refractivity contribution in [1.29, 1.82) is 0 Å². The summed E-state index contributed by atoms with van der Waals surface area (Å²) < 4.78 is 7.15. The summed E-state index contributed by atoms with van der Waals surface area (Å²) in [5, 5.41) is 15.4. The van der Waals surface area contributed by atoms with Gasteiger partial charge in [-0.2, -0.15) is 4.68 Å². The SMILES string of the molecule is c1ccc(-n2nnnc2NCc2ccccc2CN2CCOCC2)cc1. The van der Waals surface area contributed by atoms with Crippen LogP contribution in [-0.4, -0.2) is 51.4 Å². The average Bonchev–Trinajstić information content (AvgIpc) is 3.17. The lowest BCUT2D eigenvalue weighted by Gasteiger charge is -2.27. The second-order valence-electron chi connectivity index (χ2n) is 6.26.